The third-order valence-electron chi connectivity index (χ3n) is 10.3. The summed E-state index contributed by atoms with van der Waals surface area (Å²) in [6, 6.07) is 60.5. The van der Waals surface area contributed by atoms with Gasteiger partial charge in [-0.2, -0.15) is 0 Å². The first-order valence-corrected chi connectivity index (χ1v) is 19.3. The number of nitrogens with one attached hydrogen (secondary N) is 1. The highest BCUT2D eigenvalue weighted by Crippen LogP contribution is 2.41. The van der Waals surface area contributed by atoms with Crippen molar-refractivity contribution in [2.75, 3.05) is 0 Å². The molecule has 0 aliphatic carbocycles. The summed E-state index contributed by atoms with van der Waals surface area (Å²) in [5.41, 5.74) is 11.0. The fourth-order valence-electron chi connectivity index (χ4n) is 7.54. The molecule has 0 spiro atoms. The van der Waals surface area contributed by atoms with Gasteiger partial charge in [0.15, 0.2) is 23.3 Å². The Labute approximate surface area is 325 Å². The summed E-state index contributed by atoms with van der Waals surface area (Å²) in [4.78, 5) is 29.3. The van der Waals surface area contributed by atoms with E-state index in [0.717, 1.165) is 76.5 Å². The zero-order chi connectivity index (χ0) is 37.0. The number of hydrogen-bond acceptors (Lipinski definition) is 6. The molecular formula is C49H30N6S. The molecule has 0 saturated heterocycles. The summed E-state index contributed by atoms with van der Waals surface area (Å²) in [5.74, 6) is 2.54. The lowest BCUT2D eigenvalue weighted by Gasteiger charge is -2.09. The second-order valence-electron chi connectivity index (χ2n) is 13.8. The normalized spacial score (nSPS) is 11.6. The Bertz CT molecular complexity index is 3230. The minimum absolute atomic E-state index is 0.610. The van der Waals surface area contributed by atoms with Gasteiger partial charge < -0.3 is 4.98 Å². The minimum Gasteiger partial charge on any atom is -0.354 e. The number of H-pyrrole nitrogens is 1. The smallest absolute Gasteiger partial charge is 0.164 e. The standard InChI is InChI=1S/C49H30N6S/c1-4-13-30(14-5-1)31-23-25-34(26-24-31)47-53-46(33-17-8-3-9-18-33)54-48(55-47)35-27-28-40-39(29-35)36-20-12-21-38(43(36)50-40)49-51-42(32-15-6-2-7-16-32)45-44(52-49)37-19-10-11-22-41(37)56-45/h1-29,50H. The number of thiophene rings is 1. The van der Waals surface area contributed by atoms with E-state index < -0.39 is 0 Å². The molecule has 0 unspecified atom stereocenters. The van der Waals surface area contributed by atoms with Crippen molar-refractivity contribution in [2.45, 2.75) is 0 Å². The number of rotatable bonds is 6. The molecule has 262 valence electrons. The van der Waals surface area contributed by atoms with Crippen molar-refractivity contribution in [1.29, 1.82) is 0 Å². The molecule has 7 aromatic carbocycles. The third kappa shape index (κ3) is 5.52. The average Bonchev–Trinajstić information content (AvgIpc) is 3.85. The van der Waals surface area contributed by atoms with Crippen LogP contribution in [0.4, 0.5) is 0 Å². The lowest BCUT2D eigenvalue weighted by atomic mass is 10.0. The van der Waals surface area contributed by atoms with Crippen molar-refractivity contribution in [3.05, 3.63) is 176 Å². The lowest BCUT2D eigenvalue weighted by molar-refractivity contribution is 1.07. The lowest BCUT2D eigenvalue weighted by Crippen LogP contribution is -2.00. The molecule has 6 nitrogen and oxygen atoms in total. The Kier molecular flexibility index (Phi) is 7.57. The van der Waals surface area contributed by atoms with Gasteiger partial charge in [-0.25, -0.2) is 24.9 Å². The second-order valence-corrected chi connectivity index (χ2v) is 14.8. The summed E-state index contributed by atoms with van der Waals surface area (Å²) >= 11 is 1.74. The predicted octanol–water partition coefficient (Wildman–Crippen LogP) is 12.7. The Balaban J connectivity index is 1.05. The molecule has 0 aliphatic heterocycles. The molecule has 0 saturated carbocycles. The van der Waals surface area contributed by atoms with Crippen molar-refractivity contribution < 1.29 is 0 Å². The number of aromatic amines is 1. The van der Waals surface area contributed by atoms with E-state index in [0.29, 0.717) is 23.3 Å². The maximum Gasteiger partial charge on any atom is 0.164 e. The highest BCUT2D eigenvalue weighted by atomic mass is 32.1. The van der Waals surface area contributed by atoms with E-state index in [1.165, 1.54) is 10.3 Å². The second kappa shape index (κ2) is 13.2. The fourth-order valence-corrected chi connectivity index (χ4v) is 8.70. The molecule has 56 heavy (non-hydrogen) atoms. The maximum atomic E-state index is 5.27. The van der Waals surface area contributed by atoms with Gasteiger partial charge in [-0.3, -0.25) is 0 Å². The Hall–Kier alpha value is -7.35. The van der Waals surface area contributed by atoms with Crippen LogP contribution in [0.15, 0.2) is 176 Å². The molecule has 0 amide bonds. The summed E-state index contributed by atoms with van der Waals surface area (Å²) in [6.07, 6.45) is 0. The molecule has 11 aromatic rings. The molecule has 4 aromatic heterocycles. The van der Waals surface area contributed by atoms with Crippen molar-refractivity contribution in [2.24, 2.45) is 0 Å². The SMILES string of the molecule is c1ccc(-c2ccc(-c3nc(-c4ccccc4)nc(-c4ccc5[nH]c6c(-c7nc(-c8ccccc8)c8sc9ccccc9c8n7)cccc6c5c4)n3)cc2)cc1. The molecular weight excluding hydrogens is 705 g/mol. The van der Waals surface area contributed by atoms with E-state index in [9.17, 15) is 0 Å². The van der Waals surface area contributed by atoms with Gasteiger partial charge in [0.2, 0.25) is 0 Å². The number of para-hydroxylation sites is 1. The van der Waals surface area contributed by atoms with Gasteiger partial charge in [0.05, 0.1) is 21.4 Å². The summed E-state index contributed by atoms with van der Waals surface area (Å²) < 4.78 is 2.29. The Morgan fingerprint density at radius 3 is 1.66 bits per heavy atom. The van der Waals surface area contributed by atoms with Gasteiger partial charge in [0, 0.05) is 54.2 Å². The monoisotopic (exact) mass is 734 g/mol. The van der Waals surface area contributed by atoms with E-state index in [4.69, 9.17) is 24.9 Å². The molecule has 7 heteroatoms. The zero-order valence-electron chi connectivity index (χ0n) is 29.9. The van der Waals surface area contributed by atoms with Crippen LogP contribution in [0.1, 0.15) is 0 Å². The highest BCUT2D eigenvalue weighted by molar-refractivity contribution is 7.26. The summed E-state index contributed by atoms with van der Waals surface area (Å²) in [5, 5.41) is 3.29. The molecule has 1 N–H and O–H groups in total. The van der Waals surface area contributed by atoms with Crippen LogP contribution in [0.2, 0.25) is 0 Å². The van der Waals surface area contributed by atoms with Gasteiger partial charge in [-0.1, -0.05) is 146 Å². The first kappa shape index (κ1) is 32.1. The number of hydrogen-bond donors (Lipinski definition) is 1. The van der Waals surface area contributed by atoms with Gasteiger partial charge >= 0.3 is 0 Å². The van der Waals surface area contributed by atoms with Crippen molar-refractivity contribution >= 4 is 53.4 Å². The number of aromatic nitrogens is 6. The van der Waals surface area contributed by atoms with E-state index >= 15 is 0 Å². The van der Waals surface area contributed by atoms with Gasteiger partial charge in [0.1, 0.15) is 0 Å². The van der Waals surface area contributed by atoms with Gasteiger partial charge in [0.25, 0.3) is 0 Å². The fraction of sp³-hybridized carbons (Fsp3) is 0. The Morgan fingerprint density at radius 2 is 0.929 bits per heavy atom. The topological polar surface area (TPSA) is 80.2 Å². The molecule has 0 atom stereocenters. The molecule has 0 radical (unpaired) electrons. The van der Waals surface area contributed by atoms with Crippen LogP contribution < -0.4 is 0 Å². The molecule has 0 aliphatic rings. The van der Waals surface area contributed by atoms with E-state index in [1.54, 1.807) is 11.3 Å². The highest BCUT2D eigenvalue weighted by Gasteiger charge is 2.20. The molecule has 0 bridgehead atoms. The number of fused-ring (bicyclic) bond motifs is 6. The van der Waals surface area contributed by atoms with E-state index in [-0.39, 0.29) is 0 Å². The van der Waals surface area contributed by atoms with Crippen LogP contribution in [-0.4, -0.2) is 29.9 Å². The van der Waals surface area contributed by atoms with Crippen LogP contribution >= 0.6 is 11.3 Å². The molecule has 11 rings (SSSR count). The van der Waals surface area contributed by atoms with Crippen LogP contribution in [0.3, 0.4) is 0 Å². The largest absolute Gasteiger partial charge is 0.354 e. The van der Waals surface area contributed by atoms with E-state index in [1.807, 2.05) is 42.5 Å². The molecule has 4 heterocycles. The first-order valence-electron chi connectivity index (χ1n) is 18.5. The minimum atomic E-state index is 0.610. The van der Waals surface area contributed by atoms with Gasteiger partial charge in [-0.05, 0) is 41.5 Å². The number of nitrogens with zero attached hydrogens (tertiary/aromatic N) is 5. The van der Waals surface area contributed by atoms with Crippen molar-refractivity contribution in [3.8, 4) is 67.9 Å². The van der Waals surface area contributed by atoms with E-state index in [2.05, 4.69) is 138 Å². The zero-order valence-corrected chi connectivity index (χ0v) is 30.7. The molecule has 0 fully saturated rings. The van der Waals surface area contributed by atoms with Crippen LogP contribution in [-0.2, 0) is 0 Å². The maximum absolute atomic E-state index is 5.27. The predicted molar refractivity (Wildman–Crippen MR) is 230 cm³/mol. The van der Waals surface area contributed by atoms with Crippen LogP contribution in [0, 0.1) is 0 Å². The van der Waals surface area contributed by atoms with Crippen LogP contribution in [0.25, 0.3) is 110 Å². The van der Waals surface area contributed by atoms with Crippen LogP contribution in [0.5, 0.6) is 0 Å². The Morgan fingerprint density at radius 1 is 0.375 bits per heavy atom. The summed E-state index contributed by atoms with van der Waals surface area (Å²) in [7, 11) is 0. The van der Waals surface area contributed by atoms with Crippen molar-refractivity contribution in [3.63, 3.8) is 0 Å². The van der Waals surface area contributed by atoms with Gasteiger partial charge in [-0.15, -0.1) is 11.3 Å². The summed E-state index contributed by atoms with van der Waals surface area (Å²) in [6.45, 7) is 0. The average molecular weight is 735 g/mol. The first-order chi connectivity index (χ1) is 27.7. The van der Waals surface area contributed by atoms with Crippen molar-refractivity contribution in [1.82, 2.24) is 29.9 Å². The third-order valence-corrected chi connectivity index (χ3v) is 11.5. The quantitative estimate of drug-likeness (QED) is 0.184. The number of benzene rings is 7.